The van der Waals surface area contributed by atoms with Gasteiger partial charge in [-0.2, -0.15) is 0 Å². The van der Waals surface area contributed by atoms with Gasteiger partial charge in [0.15, 0.2) is 0 Å². The van der Waals surface area contributed by atoms with Crippen molar-refractivity contribution in [2.45, 2.75) is 33.1 Å². The van der Waals surface area contributed by atoms with Crippen LogP contribution in [0.5, 0.6) is 0 Å². The first-order valence-electron chi connectivity index (χ1n) is 6.35. The minimum absolute atomic E-state index is 0.0804. The van der Waals surface area contributed by atoms with Gasteiger partial charge in [0.25, 0.3) is 0 Å². The number of ether oxygens (including phenoxy) is 2. The van der Waals surface area contributed by atoms with E-state index in [0.717, 1.165) is 12.8 Å². The van der Waals surface area contributed by atoms with Crippen LogP contribution in [0, 0.1) is 23.7 Å². The lowest BCUT2D eigenvalue weighted by Gasteiger charge is -2.40. The Morgan fingerprint density at radius 1 is 1.32 bits per heavy atom. The Balaban J connectivity index is 2.82. The molecule has 1 aliphatic rings. The average Bonchev–Trinajstić information content (AvgIpc) is 2.35. The Morgan fingerprint density at radius 3 is 2.58 bits per heavy atom. The van der Waals surface area contributed by atoms with Crippen molar-refractivity contribution < 1.29 is 19.1 Å². The highest BCUT2D eigenvalue weighted by atomic mass is 16.5. The third kappa shape index (κ3) is 4.44. The van der Waals surface area contributed by atoms with Gasteiger partial charge in [-0.3, -0.25) is 9.59 Å². The molecule has 0 aromatic rings. The summed E-state index contributed by atoms with van der Waals surface area (Å²) in [6.45, 7) is 3.34. The molecule has 0 saturated carbocycles. The van der Waals surface area contributed by atoms with Crippen LogP contribution in [-0.2, 0) is 19.1 Å². The van der Waals surface area contributed by atoms with Gasteiger partial charge in [-0.15, -0.1) is 12.3 Å². The number of hydrogen-bond acceptors (Lipinski definition) is 4. The van der Waals surface area contributed by atoms with Gasteiger partial charge in [-0.05, 0) is 12.8 Å². The summed E-state index contributed by atoms with van der Waals surface area (Å²) in [6, 6.07) is 0. The van der Waals surface area contributed by atoms with E-state index < -0.39 is 0 Å². The molecule has 19 heavy (non-hydrogen) atoms. The van der Waals surface area contributed by atoms with Crippen molar-refractivity contribution in [3.63, 3.8) is 0 Å². The van der Waals surface area contributed by atoms with E-state index in [2.05, 4.69) is 12.0 Å². The summed E-state index contributed by atoms with van der Waals surface area (Å²) in [5, 5.41) is 0. The van der Waals surface area contributed by atoms with Crippen LogP contribution in [0.3, 0.4) is 0 Å². The smallest absolute Gasteiger partial charge is 0.302 e. The fourth-order valence-corrected chi connectivity index (χ4v) is 2.35. The lowest BCUT2D eigenvalue weighted by molar-refractivity contribution is -0.151. The van der Waals surface area contributed by atoms with E-state index in [1.165, 1.54) is 13.8 Å². The molecule has 0 unspecified atom stereocenters. The molecule has 0 bridgehead atoms. The van der Waals surface area contributed by atoms with Gasteiger partial charge in [0.1, 0.15) is 0 Å². The number of hydrogen-bond donors (Lipinski definition) is 0. The van der Waals surface area contributed by atoms with Gasteiger partial charge in [-0.1, -0.05) is 12.2 Å². The zero-order valence-electron chi connectivity index (χ0n) is 11.5. The molecule has 0 aromatic carbocycles. The van der Waals surface area contributed by atoms with Crippen molar-refractivity contribution in [3.05, 3.63) is 12.2 Å². The molecular formula is C15H20O4. The van der Waals surface area contributed by atoms with Crippen LogP contribution in [-0.4, -0.2) is 25.2 Å². The summed E-state index contributed by atoms with van der Waals surface area (Å²) >= 11 is 0. The second-order valence-corrected chi connectivity index (χ2v) is 4.93. The molecule has 1 aliphatic carbocycles. The van der Waals surface area contributed by atoms with Gasteiger partial charge in [0.05, 0.1) is 13.2 Å². The molecule has 0 fully saturated rings. The molecule has 2 atom stereocenters. The summed E-state index contributed by atoms with van der Waals surface area (Å²) in [5.74, 6) is 2.10. The first-order valence-corrected chi connectivity index (χ1v) is 6.35. The molecule has 1 rings (SSSR count). The van der Waals surface area contributed by atoms with Crippen LogP contribution >= 0.6 is 0 Å². The number of rotatable bonds is 5. The van der Waals surface area contributed by atoms with Crippen LogP contribution in [0.2, 0.25) is 0 Å². The molecule has 4 heteroatoms. The lowest BCUT2D eigenvalue weighted by atomic mass is 9.67. The Kier molecular flexibility index (Phi) is 5.62. The van der Waals surface area contributed by atoms with E-state index in [-0.39, 0.29) is 29.9 Å². The van der Waals surface area contributed by atoms with E-state index in [9.17, 15) is 9.59 Å². The Bertz CT molecular complexity index is 405. The van der Waals surface area contributed by atoms with E-state index in [1.807, 2.05) is 6.08 Å². The van der Waals surface area contributed by atoms with Crippen molar-refractivity contribution in [1.82, 2.24) is 0 Å². The second kappa shape index (κ2) is 6.98. The number of esters is 2. The fourth-order valence-electron chi connectivity index (χ4n) is 2.35. The van der Waals surface area contributed by atoms with Crippen molar-refractivity contribution in [1.29, 1.82) is 0 Å². The van der Waals surface area contributed by atoms with Crippen LogP contribution < -0.4 is 0 Å². The standard InChI is InChI=1S/C15H20O4/c1-4-8-15(11-19-13(3)17)9-6-5-7-14(15)10-18-12(2)16/h1,5-6,14H,7-11H2,2-3H3/t14-,15+/m0/s1. The summed E-state index contributed by atoms with van der Waals surface area (Å²) in [4.78, 5) is 22.0. The van der Waals surface area contributed by atoms with Gasteiger partial charge < -0.3 is 9.47 Å². The zero-order chi connectivity index (χ0) is 14.3. The molecule has 0 radical (unpaired) electrons. The van der Waals surface area contributed by atoms with Crippen molar-refractivity contribution in [3.8, 4) is 12.3 Å². The van der Waals surface area contributed by atoms with Crippen LogP contribution in [0.4, 0.5) is 0 Å². The topological polar surface area (TPSA) is 52.6 Å². The van der Waals surface area contributed by atoms with Gasteiger partial charge >= 0.3 is 11.9 Å². The predicted molar refractivity (Wildman–Crippen MR) is 71.0 cm³/mol. The molecule has 0 saturated heterocycles. The average molecular weight is 264 g/mol. The summed E-state index contributed by atoms with van der Waals surface area (Å²) in [6.07, 6.45) is 11.5. The van der Waals surface area contributed by atoms with E-state index in [1.54, 1.807) is 0 Å². The maximum atomic E-state index is 11.0. The molecule has 4 nitrogen and oxygen atoms in total. The summed E-state index contributed by atoms with van der Waals surface area (Å²) < 4.78 is 10.3. The van der Waals surface area contributed by atoms with E-state index >= 15 is 0 Å². The minimum Gasteiger partial charge on any atom is -0.466 e. The Labute approximate surface area is 114 Å². The van der Waals surface area contributed by atoms with Gasteiger partial charge in [0.2, 0.25) is 0 Å². The maximum Gasteiger partial charge on any atom is 0.302 e. The van der Waals surface area contributed by atoms with Crippen molar-refractivity contribution in [2.24, 2.45) is 11.3 Å². The molecule has 0 heterocycles. The van der Waals surface area contributed by atoms with Gasteiger partial charge in [-0.25, -0.2) is 0 Å². The Morgan fingerprint density at radius 2 is 2.00 bits per heavy atom. The second-order valence-electron chi connectivity index (χ2n) is 4.93. The number of allylic oxidation sites excluding steroid dienone is 2. The van der Waals surface area contributed by atoms with Gasteiger partial charge in [0, 0.05) is 31.6 Å². The molecule has 0 aromatic heterocycles. The first-order chi connectivity index (χ1) is 9.00. The van der Waals surface area contributed by atoms with Crippen molar-refractivity contribution >= 4 is 11.9 Å². The monoisotopic (exact) mass is 264 g/mol. The highest BCUT2D eigenvalue weighted by Gasteiger charge is 2.40. The molecular weight excluding hydrogens is 244 g/mol. The molecule has 0 amide bonds. The summed E-state index contributed by atoms with van der Waals surface area (Å²) in [7, 11) is 0. The maximum absolute atomic E-state index is 11.0. The fraction of sp³-hybridized carbons (Fsp3) is 0.600. The number of carbonyl (C=O) groups excluding carboxylic acids is 2. The van der Waals surface area contributed by atoms with Crippen molar-refractivity contribution in [2.75, 3.05) is 13.2 Å². The normalized spacial score (nSPS) is 25.4. The molecule has 0 N–H and O–H groups in total. The number of terminal acetylenes is 1. The molecule has 0 aliphatic heterocycles. The summed E-state index contributed by atoms with van der Waals surface area (Å²) in [5.41, 5.74) is -0.329. The highest BCUT2D eigenvalue weighted by Crippen LogP contribution is 2.41. The molecule has 104 valence electrons. The zero-order valence-corrected chi connectivity index (χ0v) is 11.5. The van der Waals surface area contributed by atoms with Crippen LogP contribution in [0.25, 0.3) is 0 Å². The van der Waals surface area contributed by atoms with E-state index in [0.29, 0.717) is 13.0 Å². The van der Waals surface area contributed by atoms with Crippen LogP contribution in [0.15, 0.2) is 12.2 Å². The molecule has 0 spiro atoms. The SMILES string of the molecule is C#CC[C@]1(COC(C)=O)CC=CC[C@H]1COC(C)=O. The third-order valence-electron chi connectivity index (χ3n) is 3.48. The highest BCUT2D eigenvalue weighted by molar-refractivity contribution is 5.66. The third-order valence-corrected chi connectivity index (χ3v) is 3.48. The Hall–Kier alpha value is -1.76. The van der Waals surface area contributed by atoms with Crippen LogP contribution in [0.1, 0.15) is 33.1 Å². The quantitative estimate of drug-likeness (QED) is 0.433. The minimum atomic E-state index is -0.329. The predicted octanol–water partition coefficient (Wildman–Crippen LogP) is 2.09. The van der Waals surface area contributed by atoms with E-state index in [4.69, 9.17) is 15.9 Å². The largest absolute Gasteiger partial charge is 0.466 e. The first kappa shape index (κ1) is 15.3. The number of carbonyl (C=O) groups is 2. The lowest BCUT2D eigenvalue weighted by Crippen LogP contribution is -2.39.